The Labute approximate surface area is 57.7 Å². The lowest BCUT2D eigenvalue weighted by atomic mass is 10.3. The first-order chi connectivity index (χ1) is 4.19. The highest BCUT2D eigenvalue weighted by atomic mass is 32.0. The SMILES string of the molecule is NC1(C(=O)OPP)CC1. The summed E-state index contributed by atoms with van der Waals surface area (Å²) in [6, 6.07) is 0. The molecule has 0 aliphatic heterocycles. The maximum atomic E-state index is 10.8. The lowest BCUT2D eigenvalue weighted by molar-refractivity contribution is -0.135. The third kappa shape index (κ3) is 1.61. The molecule has 5 heteroatoms. The highest BCUT2D eigenvalue weighted by Crippen LogP contribution is 2.36. The number of rotatable bonds is 2. The van der Waals surface area contributed by atoms with Gasteiger partial charge in [-0.05, 0) is 12.8 Å². The Morgan fingerprint density at radius 2 is 2.33 bits per heavy atom. The van der Waals surface area contributed by atoms with Crippen LogP contribution >= 0.6 is 17.4 Å². The lowest BCUT2D eigenvalue weighted by Crippen LogP contribution is -2.32. The van der Waals surface area contributed by atoms with Crippen LogP contribution in [-0.2, 0) is 9.32 Å². The fourth-order valence-corrected chi connectivity index (χ4v) is 1.13. The molecule has 52 valence electrons. The van der Waals surface area contributed by atoms with Crippen molar-refractivity contribution >= 4 is 23.4 Å². The Hall–Kier alpha value is 0.290. The van der Waals surface area contributed by atoms with Gasteiger partial charge in [-0.15, -0.1) is 0 Å². The van der Waals surface area contributed by atoms with Gasteiger partial charge in [0.25, 0.3) is 0 Å². The molecule has 9 heavy (non-hydrogen) atoms. The van der Waals surface area contributed by atoms with Crippen molar-refractivity contribution in [2.75, 3.05) is 0 Å². The van der Waals surface area contributed by atoms with Crippen LogP contribution in [0.3, 0.4) is 0 Å². The van der Waals surface area contributed by atoms with Crippen molar-refractivity contribution in [2.24, 2.45) is 5.73 Å². The predicted molar refractivity (Wildman–Crippen MR) is 40.3 cm³/mol. The fraction of sp³-hybridized carbons (Fsp3) is 0.750. The average Bonchev–Trinajstić information content (AvgIpc) is 2.50. The normalized spacial score (nSPS) is 22.4. The third-order valence-electron chi connectivity index (χ3n) is 1.35. The van der Waals surface area contributed by atoms with E-state index < -0.39 is 5.54 Å². The van der Waals surface area contributed by atoms with E-state index in [1.54, 1.807) is 0 Å². The van der Waals surface area contributed by atoms with Gasteiger partial charge in [-0.1, -0.05) is 8.93 Å². The minimum Gasteiger partial charge on any atom is -0.443 e. The van der Waals surface area contributed by atoms with Gasteiger partial charge < -0.3 is 10.3 Å². The minimum atomic E-state index is -0.608. The van der Waals surface area contributed by atoms with Crippen LogP contribution < -0.4 is 5.73 Å². The number of carbonyl (C=O) groups is 1. The van der Waals surface area contributed by atoms with E-state index in [1.165, 1.54) is 0 Å². The summed E-state index contributed by atoms with van der Waals surface area (Å²) in [5.74, 6) is -0.254. The molecule has 0 heterocycles. The van der Waals surface area contributed by atoms with Crippen molar-refractivity contribution in [3.05, 3.63) is 0 Å². The van der Waals surface area contributed by atoms with Crippen LogP contribution in [-0.4, -0.2) is 11.5 Å². The first-order valence-electron chi connectivity index (χ1n) is 2.65. The molecule has 1 aliphatic carbocycles. The summed E-state index contributed by atoms with van der Waals surface area (Å²) in [6.07, 6.45) is 1.56. The molecule has 2 atom stereocenters. The first kappa shape index (κ1) is 7.40. The van der Waals surface area contributed by atoms with E-state index in [1.807, 2.05) is 0 Å². The van der Waals surface area contributed by atoms with Crippen LogP contribution in [0.1, 0.15) is 12.8 Å². The molecule has 0 bridgehead atoms. The molecule has 0 amide bonds. The van der Waals surface area contributed by atoms with E-state index in [0.717, 1.165) is 12.8 Å². The quantitative estimate of drug-likeness (QED) is 0.602. The number of hydrogen-bond donors (Lipinski definition) is 1. The average molecular weight is 165 g/mol. The minimum absolute atomic E-state index is 0.139. The zero-order valence-corrected chi connectivity index (χ0v) is 7.04. The highest BCUT2D eigenvalue weighted by molar-refractivity contribution is 8.00. The maximum absolute atomic E-state index is 10.8. The van der Waals surface area contributed by atoms with Crippen LogP contribution in [0.2, 0.25) is 0 Å². The highest BCUT2D eigenvalue weighted by Gasteiger charge is 2.47. The lowest BCUT2D eigenvalue weighted by Gasteiger charge is -2.04. The summed E-state index contributed by atoms with van der Waals surface area (Å²) >= 11 is 0. The summed E-state index contributed by atoms with van der Waals surface area (Å²) in [5.41, 5.74) is 4.89. The van der Waals surface area contributed by atoms with Gasteiger partial charge in [0.1, 0.15) is 5.54 Å². The number of nitrogens with two attached hydrogens (primary N) is 1. The third-order valence-corrected chi connectivity index (χ3v) is 2.00. The van der Waals surface area contributed by atoms with E-state index in [9.17, 15) is 4.79 Å². The van der Waals surface area contributed by atoms with Gasteiger partial charge in [0.2, 0.25) is 0 Å². The smallest absolute Gasteiger partial charge is 0.328 e. The van der Waals surface area contributed by atoms with Crippen LogP contribution in [0.4, 0.5) is 0 Å². The van der Waals surface area contributed by atoms with Gasteiger partial charge in [0.15, 0.2) is 0 Å². The molecule has 0 aromatic rings. The Morgan fingerprint density at radius 1 is 1.78 bits per heavy atom. The number of hydrogen-bond acceptors (Lipinski definition) is 3. The molecule has 2 N–H and O–H groups in total. The Kier molecular flexibility index (Phi) is 2.05. The molecular formula is C4H9NO2P2. The van der Waals surface area contributed by atoms with E-state index in [0.29, 0.717) is 0 Å². The van der Waals surface area contributed by atoms with Crippen molar-refractivity contribution in [3.8, 4) is 0 Å². The van der Waals surface area contributed by atoms with Crippen molar-refractivity contribution < 1.29 is 9.32 Å². The van der Waals surface area contributed by atoms with Crippen molar-refractivity contribution in [3.63, 3.8) is 0 Å². The standard InChI is InChI=1S/C4H9NO2P2/c5-4(1-2-4)3(6)7-9-8/h9H,1-2,5,8H2. The van der Waals surface area contributed by atoms with Crippen LogP contribution in [0.15, 0.2) is 0 Å². The monoisotopic (exact) mass is 165 g/mol. The van der Waals surface area contributed by atoms with E-state index in [-0.39, 0.29) is 14.5 Å². The van der Waals surface area contributed by atoms with Crippen LogP contribution in [0.25, 0.3) is 0 Å². The molecule has 0 spiro atoms. The fourth-order valence-electron chi connectivity index (χ4n) is 0.494. The topological polar surface area (TPSA) is 52.3 Å². The summed E-state index contributed by atoms with van der Waals surface area (Å²) in [4.78, 5) is 10.8. The van der Waals surface area contributed by atoms with Gasteiger partial charge >= 0.3 is 5.97 Å². The Bertz CT molecular complexity index is 135. The largest absolute Gasteiger partial charge is 0.443 e. The second-order valence-corrected chi connectivity index (χ2v) is 3.31. The predicted octanol–water partition coefficient (Wildman–Crippen LogP) is 0.404. The van der Waals surface area contributed by atoms with Crippen LogP contribution in [0, 0.1) is 0 Å². The van der Waals surface area contributed by atoms with Gasteiger partial charge in [-0.2, -0.15) is 0 Å². The zero-order valence-electron chi connectivity index (χ0n) is 4.89. The molecule has 0 saturated heterocycles. The molecule has 2 unspecified atom stereocenters. The second kappa shape index (κ2) is 2.49. The van der Waals surface area contributed by atoms with Crippen molar-refractivity contribution in [1.82, 2.24) is 0 Å². The van der Waals surface area contributed by atoms with Gasteiger partial charge in [-0.25, -0.2) is 4.79 Å². The Balaban J connectivity index is 2.34. The van der Waals surface area contributed by atoms with Crippen LogP contribution in [0.5, 0.6) is 0 Å². The number of carbonyl (C=O) groups excluding carboxylic acids is 1. The maximum Gasteiger partial charge on any atom is 0.328 e. The van der Waals surface area contributed by atoms with E-state index in [4.69, 9.17) is 10.3 Å². The van der Waals surface area contributed by atoms with Crippen molar-refractivity contribution in [1.29, 1.82) is 0 Å². The zero-order chi connectivity index (χ0) is 6.91. The molecular weight excluding hydrogens is 156 g/mol. The van der Waals surface area contributed by atoms with E-state index >= 15 is 0 Å². The van der Waals surface area contributed by atoms with Gasteiger partial charge in [-0.3, -0.25) is 0 Å². The summed E-state index contributed by atoms with van der Waals surface area (Å²) in [5, 5.41) is 0. The molecule has 0 aromatic heterocycles. The molecule has 1 saturated carbocycles. The molecule has 1 fully saturated rings. The second-order valence-electron chi connectivity index (χ2n) is 2.16. The summed E-state index contributed by atoms with van der Waals surface area (Å²) < 4.78 is 4.70. The molecule has 0 aromatic carbocycles. The molecule has 1 rings (SSSR count). The molecule has 3 nitrogen and oxygen atoms in total. The summed E-state index contributed by atoms with van der Waals surface area (Å²) in [7, 11) is 2.48. The molecule has 1 aliphatic rings. The Morgan fingerprint density at radius 3 is 2.67 bits per heavy atom. The first-order valence-corrected chi connectivity index (χ1v) is 5.36. The van der Waals surface area contributed by atoms with Gasteiger partial charge in [0.05, 0.1) is 8.50 Å². The summed E-state index contributed by atoms with van der Waals surface area (Å²) in [6.45, 7) is 0. The van der Waals surface area contributed by atoms with E-state index in [2.05, 4.69) is 8.93 Å². The van der Waals surface area contributed by atoms with Crippen molar-refractivity contribution in [2.45, 2.75) is 18.4 Å². The molecule has 0 radical (unpaired) electrons. The van der Waals surface area contributed by atoms with Gasteiger partial charge in [0, 0.05) is 0 Å².